The Hall–Kier alpha value is -1.13. The number of rotatable bonds is 4. The number of hydrogen-bond acceptors (Lipinski definition) is 2. The molecule has 1 aromatic carbocycles. The molecule has 0 aliphatic heterocycles. The zero-order valence-corrected chi connectivity index (χ0v) is 12.8. The largest absolute Gasteiger partial charge is 0.466 e. The number of aryl methyl sites for hydroxylation is 2. The first-order valence-electron chi connectivity index (χ1n) is 6.28. The van der Waals surface area contributed by atoms with Crippen molar-refractivity contribution in [2.24, 2.45) is 0 Å². The van der Waals surface area contributed by atoms with Crippen LogP contribution in [-0.4, -0.2) is 6.54 Å². The molecule has 2 aromatic rings. The minimum absolute atomic E-state index is 0.0764. The molecule has 2 rings (SSSR count). The average Bonchev–Trinajstić information content (AvgIpc) is 2.69. The van der Waals surface area contributed by atoms with Gasteiger partial charge in [0.15, 0.2) is 0 Å². The third-order valence-corrected chi connectivity index (χ3v) is 3.79. The maximum atomic E-state index is 13.5. The second kappa shape index (κ2) is 5.88. The van der Waals surface area contributed by atoms with Gasteiger partial charge in [-0.05, 0) is 50.2 Å². The molecule has 0 aliphatic rings. The van der Waals surface area contributed by atoms with Gasteiger partial charge in [-0.15, -0.1) is 0 Å². The summed E-state index contributed by atoms with van der Waals surface area (Å²) in [6.07, 6.45) is 0. The topological polar surface area (TPSA) is 25.2 Å². The van der Waals surface area contributed by atoms with Crippen molar-refractivity contribution in [3.05, 3.63) is 57.2 Å². The van der Waals surface area contributed by atoms with Crippen molar-refractivity contribution < 1.29 is 8.81 Å². The van der Waals surface area contributed by atoms with Crippen LogP contribution in [0.4, 0.5) is 4.39 Å². The van der Waals surface area contributed by atoms with Gasteiger partial charge in [-0.25, -0.2) is 4.39 Å². The molecular formula is C15H17BrFNO. The number of nitrogens with one attached hydrogen (secondary N) is 1. The number of benzene rings is 1. The van der Waals surface area contributed by atoms with Crippen molar-refractivity contribution in [2.75, 3.05) is 6.54 Å². The summed E-state index contributed by atoms with van der Waals surface area (Å²) in [5, 5.41) is 3.38. The zero-order chi connectivity index (χ0) is 14.0. The summed E-state index contributed by atoms with van der Waals surface area (Å²) in [7, 11) is 0. The summed E-state index contributed by atoms with van der Waals surface area (Å²) in [6, 6.07) is 6.66. The Kier molecular flexibility index (Phi) is 4.42. The van der Waals surface area contributed by atoms with Crippen LogP contribution in [0.25, 0.3) is 0 Å². The fraction of sp³-hybridized carbons (Fsp3) is 0.333. The molecule has 19 heavy (non-hydrogen) atoms. The highest BCUT2D eigenvalue weighted by Gasteiger charge is 2.20. The monoisotopic (exact) mass is 325 g/mol. The molecule has 0 bridgehead atoms. The Balaban J connectivity index is 2.51. The standard InChI is InChI=1S/C15H17BrFNO/c1-4-18-15(12-7-9(2)19-10(12)3)13-8-11(17)5-6-14(13)16/h5-8,15,18H,4H2,1-3H3. The maximum Gasteiger partial charge on any atom is 0.123 e. The summed E-state index contributed by atoms with van der Waals surface area (Å²) >= 11 is 3.49. The molecule has 1 N–H and O–H groups in total. The van der Waals surface area contributed by atoms with Gasteiger partial charge in [-0.1, -0.05) is 22.9 Å². The lowest BCUT2D eigenvalue weighted by molar-refractivity contribution is 0.494. The van der Waals surface area contributed by atoms with Crippen LogP contribution in [-0.2, 0) is 0 Å². The lowest BCUT2D eigenvalue weighted by Gasteiger charge is -2.19. The van der Waals surface area contributed by atoms with E-state index in [0.29, 0.717) is 0 Å². The van der Waals surface area contributed by atoms with E-state index in [0.717, 1.165) is 33.7 Å². The molecule has 1 atom stereocenters. The quantitative estimate of drug-likeness (QED) is 0.895. The van der Waals surface area contributed by atoms with Crippen LogP contribution in [0.1, 0.15) is 35.6 Å². The molecule has 0 amide bonds. The molecule has 0 radical (unpaired) electrons. The van der Waals surface area contributed by atoms with Gasteiger partial charge < -0.3 is 9.73 Å². The van der Waals surface area contributed by atoms with E-state index >= 15 is 0 Å². The summed E-state index contributed by atoms with van der Waals surface area (Å²) in [6.45, 7) is 6.67. The van der Waals surface area contributed by atoms with Gasteiger partial charge in [-0.2, -0.15) is 0 Å². The normalized spacial score (nSPS) is 12.7. The highest BCUT2D eigenvalue weighted by molar-refractivity contribution is 9.10. The van der Waals surface area contributed by atoms with Crippen LogP contribution in [0.15, 0.2) is 33.2 Å². The molecule has 102 valence electrons. The third kappa shape index (κ3) is 3.07. The highest BCUT2D eigenvalue weighted by atomic mass is 79.9. The van der Waals surface area contributed by atoms with Crippen LogP contribution in [0.5, 0.6) is 0 Å². The van der Waals surface area contributed by atoms with Gasteiger partial charge in [0.25, 0.3) is 0 Å². The van der Waals surface area contributed by atoms with Crippen molar-refractivity contribution in [1.29, 1.82) is 0 Å². The van der Waals surface area contributed by atoms with Crippen LogP contribution in [0.3, 0.4) is 0 Å². The van der Waals surface area contributed by atoms with Gasteiger partial charge in [0.05, 0.1) is 6.04 Å². The second-order valence-corrected chi connectivity index (χ2v) is 5.38. The Labute approximate surface area is 121 Å². The van der Waals surface area contributed by atoms with Crippen LogP contribution >= 0.6 is 15.9 Å². The van der Waals surface area contributed by atoms with Crippen molar-refractivity contribution in [1.82, 2.24) is 5.32 Å². The Morgan fingerprint density at radius 1 is 1.26 bits per heavy atom. The summed E-state index contributed by atoms with van der Waals surface area (Å²) in [5.41, 5.74) is 1.93. The SMILES string of the molecule is CCNC(c1cc(F)ccc1Br)c1cc(C)oc1C. The number of furan rings is 1. The van der Waals surface area contributed by atoms with E-state index < -0.39 is 0 Å². The second-order valence-electron chi connectivity index (χ2n) is 4.53. The predicted octanol–water partition coefficient (Wildman–Crippen LogP) is 4.50. The van der Waals surface area contributed by atoms with Gasteiger partial charge in [0.2, 0.25) is 0 Å². The summed E-state index contributed by atoms with van der Waals surface area (Å²) in [4.78, 5) is 0. The van der Waals surface area contributed by atoms with Crippen molar-refractivity contribution in [3.63, 3.8) is 0 Å². The molecular weight excluding hydrogens is 309 g/mol. The maximum absolute atomic E-state index is 13.5. The molecule has 0 saturated heterocycles. The third-order valence-electron chi connectivity index (χ3n) is 3.07. The van der Waals surface area contributed by atoms with Crippen LogP contribution < -0.4 is 5.32 Å². The minimum atomic E-state index is -0.237. The van der Waals surface area contributed by atoms with E-state index in [2.05, 4.69) is 21.2 Å². The van der Waals surface area contributed by atoms with E-state index in [4.69, 9.17) is 4.42 Å². The van der Waals surface area contributed by atoms with Crippen LogP contribution in [0.2, 0.25) is 0 Å². The molecule has 4 heteroatoms. The molecule has 2 nitrogen and oxygen atoms in total. The molecule has 1 heterocycles. The Bertz CT molecular complexity index is 580. The van der Waals surface area contributed by atoms with E-state index in [1.807, 2.05) is 26.8 Å². The molecule has 0 saturated carbocycles. The summed E-state index contributed by atoms with van der Waals surface area (Å²) in [5.74, 6) is 1.49. The van der Waals surface area contributed by atoms with Crippen LogP contribution in [0, 0.1) is 19.7 Å². The lowest BCUT2D eigenvalue weighted by atomic mass is 9.98. The van der Waals surface area contributed by atoms with Crippen molar-refractivity contribution in [2.45, 2.75) is 26.8 Å². The Morgan fingerprint density at radius 2 is 2.00 bits per heavy atom. The molecule has 1 aromatic heterocycles. The van der Waals surface area contributed by atoms with Gasteiger partial charge in [0.1, 0.15) is 17.3 Å². The molecule has 1 unspecified atom stereocenters. The Morgan fingerprint density at radius 3 is 2.58 bits per heavy atom. The first-order valence-corrected chi connectivity index (χ1v) is 7.07. The fourth-order valence-electron chi connectivity index (χ4n) is 2.26. The fourth-order valence-corrected chi connectivity index (χ4v) is 2.74. The molecule has 0 aliphatic carbocycles. The molecule has 0 fully saturated rings. The molecule has 0 spiro atoms. The minimum Gasteiger partial charge on any atom is -0.466 e. The van der Waals surface area contributed by atoms with E-state index in [1.54, 1.807) is 12.1 Å². The van der Waals surface area contributed by atoms with Crippen molar-refractivity contribution >= 4 is 15.9 Å². The average molecular weight is 326 g/mol. The first-order chi connectivity index (χ1) is 9.02. The zero-order valence-electron chi connectivity index (χ0n) is 11.3. The van der Waals surface area contributed by atoms with E-state index in [9.17, 15) is 4.39 Å². The smallest absolute Gasteiger partial charge is 0.123 e. The predicted molar refractivity (Wildman–Crippen MR) is 77.8 cm³/mol. The van der Waals surface area contributed by atoms with E-state index in [1.165, 1.54) is 6.07 Å². The van der Waals surface area contributed by atoms with Gasteiger partial charge in [0, 0.05) is 10.0 Å². The number of halogens is 2. The van der Waals surface area contributed by atoms with Crippen molar-refractivity contribution in [3.8, 4) is 0 Å². The first kappa shape index (κ1) is 14.3. The lowest BCUT2D eigenvalue weighted by Crippen LogP contribution is -2.22. The number of hydrogen-bond donors (Lipinski definition) is 1. The van der Waals surface area contributed by atoms with Gasteiger partial charge >= 0.3 is 0 Å². The summed E-state index contributed by atoms with van der Waals surface area (Å²) < 4.78 is 20.0. The highest BCUT2D eigenvalue weighted by Crippen LogP contribution is 2.32. The van der Waals surface area contributed by atoms with E-state index in [-0.39, 0.29) is 11.9 Å². The van der Waals surface area contributed by atoms with Gasteiger partial charge in [-0.3, -0.25) is 0 Å².